The van der Waals surface area contributed by atoms with Crippen LogP contribution in [0.1, 0.15) is 40.5 Å². The fraction of sp³-hybridized carbons (Fsp3) is 0.750. The highest BCUT2D eigenvalue weighted by Crippen LogP contribution is 2.43. The molecule has 74 valence electrons. The lowest BCUT2D eigenvalue weighted by Crippen LogP contribution is -2.13. The molecule has 1 heteroatoms. The van der Waals surface area contributed by atoms with Crippen LogP contribution in [0.4, 0.5) is 0 Å². The van der Waals surface area contributed by atoms with Crippen molar-refractivity contribution in [2.24, 2.45) is 17.3 Å². The van der Waals surface area contributed by atoms with E-state index in [4.69, 9.17) is 0 Å². The Hall–Kier alpha value is -0.590. The third kappa shape index (κ3) is 2.43. The first-order valence-electron chi connectivity index (χ1n) is 5.12. The second kappa shape index (κ2) is 3.65. The van der Waals surface area contributed by atoms with Gasteiger partial charge in [-0.1, -0.05) is 39.3 Å². The molecule has 0 aromatic carbocycles. The average Bonchev–Trinajstić information content (AvgIpc) is 2.24. The number of allylic oxidation sites excluding steroid dienone is 2. The molecule has 13 heavy (non-hydrogen) atoms. The Balaban J connectivity index is 2.68. The van der Waals surface area contributed by atoms with E-state index >= 15 is 0 Å². The van der Waals surface area contributed by atoms with E-state index in [0.29, 0.717) is 11.3 Å². The minimum atomic E-state index is 0.177. The van der Waals surface area contributed by atoms with Gasteiger partial charge >= 0.3 is 0 Å². The summed E-state index contributed by atoms with van der Waals surface area (Å²) in [7, 11) is 0. The van der Waals surface area contributed by atoms with Gasteiger partial charge in [0.05, 0.1) is 0 Å². The summed E-state index contributed by atoms with van der Waals surface area (Å²) in [5.41, 5.74) is 1.79. The zero-order valence-electron chi connectivity index (χ0n) is 9.13. The Morgan fingerprint density at radius 3 is 2.69 bits per heavy atom. The van der Waals surface area contributed by atoms with Gasteiger partial charge in [0.1, 0.15) is 6.29 Å². The lowest BCUT2D eigenvalue weighted by atomic mass is 9.81. The maximum absolute atomic E-state index is 10.6. The summed E-state index contributed by atoms with van der Waals surface area (Å²) in [6.07, 6.45) is 5.58. The van der Waals surface area contributed by atoms with E-state index in [1.807, 2.05) is 6.92 Å². The Morgan fingerprint density at radius 1 is 1.69 bits per heavy atom. The van der Waals surface area contributed by atoms with Crippen LogP contribution in [0.2, 0.25) is 0 Å². The van der Waals surface area contributed by atoms with Crippen molar-refractivity contribution in [3.8, 4) is 0 Å². The highest BCUT2D eigenvalue weighted by Gasteiger charge is 2.31. The molecule has 2 unspecified atom stereocenters. The quantitative estimate of drug-likeness (QED) is 0.481. The third-order valence-corrected chi connectivity index (χ3v) is 2.96. The highest BCUT2D eigenvalue weighted by atomic mass is 16.1. The zero-order valence-corrected chi connectivity index (χ0v) is 9.13. The van der Waals surface area contributed by atoms with Crippen molar-refractivity contribution >= 4 is 6.29 Å². The van der Waals surface area contributed by atoms with Crippen LogP contribution >= 0.6 is 0 Å². The van der Waals surface area contributed by atoms with Crippen molar-refractivity contribution < 1.29 is 4.79 Å². The molecule has 0 aromatic rings. The Kier molecular flexibility index (Phi) is 2.94. The van der Waals surface area contributed by atoms with Crippen LogP contribution in [0.25, 0.3) is 0 Å². The van der Waals surface area contributed by atoms with Crippen molar-refractivity contribution in [1.29, 1.82) is 0 Å². The van der Waals surface area contributed by atoms with Crippen molar-refractivity contribution in [3.05, 3.63) is 11.6 Å². The van der Waals surface area contributed by atoms with Gasteiger partial charge < -0.3 is 4.79 Å². The standard InChI is InChI=1S/C12H20O/c1-9-5-11(6-10(2)8-13)12(3,4)7-9/h5,8-10H,6-7H2,1-4H3. The third-order valence-electron chi connectivity index (χ3n) is 2.96. The van der Waals surface area contributed by atoms with Crippen LogP contribution in [0.5, 0.6) is 0 Å². The van der Waals surface area contributed by atoms with Gasteiger partial charge in [0.15, 0.2) is 0 Å². The summed E-state index contributed by atoms with van der Waals surface area (Å²) >= 11 is 0. The number of carbonyl (C=O) groups excluding carboxylic acids is 1. The number of rotatable bonds is 3. The summed E-state index contributed by atoms with van der Waals surface area (Å²) in [6.45, 7) is 8.80. The molecule has 0 spiro atoms. The van der Waals surface area contributed by atoms with E-state index in [1.165, 1.54) is 12.0 Å². The number of aldehydes is 1. The molecule has 0 amide bonds. The second-order valence-electron chi connectivity index (χ2n) is 5.07. The smallest absolute Gasteiger partial charge is 0.123 e. The average molecular weight is 180 g/mol. The minimum Gasteiger partial charge on any atom is -0.303 e. The fourth-order valence-electron chi connectivity index (χ4n) is 2.30. The lowest BCUT2D eigenvalue weighted by molar-refractivity contribution is -0.110. The number of hydrogen-bond donors (Lipinski definition) is 0. The second-order valence-corrected chi connectivity index (χ2v) is 5.07. The molecule has 1 nitrogen and oxygen atoms in total. The molecule has 0 N–H and O–H groups in total. The van der Waals surface area contributed by atoms with Crippen LogP contribution in [0, 0.1) is 17.3 Å². The number of carbonyl (C=O) groups is 1. The van der Waals surface area contributed by atoms with Crippen LogP contribution in [-0.2, 0) is 4.79 Å². The molecule has 0 saturated heterocycles. The van der Waals surface area contributed by atoms with Crippen molar-refractivity contribution in [3.63, 3.8) is 0 Å². The van der Waals surface area contributed by atoms with E-state index in [9.17, 15) is 4.79 Å². The molecule has 0 radical (unpaired) electrons. The highest BCUT2D eigenvalue weighted by molar-refractivity contribution is 5.53. The first-order chi connectivity index (χ1) is 5.95. The Morgan fingerprint density at radius 2 is 2.31 bits per heavy atom. The van der Waals surface area contributed by atoms with E-state index < -0.39 is 0 Å². The summed E-state index contributed by atoms with van der Waals surface area (Å²) in [5.74, 6) is 0.861. The largest absolute Gasteiger partial charge is 0.303 e. The lowest BCUT2D eigenvalue weighted by Gasteiger charge is -2.23. The van der Waals surface area contributed by atoms with E-state index in [1.54, 1.807) is 0 Å². The van der Waals surface area contributed by atoms with Crippen LogP contribution in [0.15, 0.2) is 11.6 Å². The first kappa shape index (κ1) is 10.5. The summed E-state index contributed by atoms with van der Waals surface area (Å²) in [6, 6.07) is 0. The van der Waals surface area contributed by atoms with E-state index in [0.717, 1.165) is 12.7 Å². The van der Waals surface area contributed by atoms with Gasteiger partial charge in [-0.3, -0.25) is 0 Å². The SMILES string of the molecule is CC(C=O)CC1=CC(C)CC1(C)C. The molecular weight excluding hydrogens is 160 g/mol. The molecule has 0 heterocycles. The molecule has 1 aliphatic rings. The van der Waals surface area contributed by atoms with Gasteiger partial charge in [-0.05, 0) is 24.2 Å². The normalized spacial score (nSPS) is 28.3. The molecule has 1 rings (SSSR count). The fourth-order valence-corrected chi connectivity index (χ4v) is 2.30. The summed E-state index contributed by atoms with van der Waals surface area (Å²) < 4.78 is 0. The van der Waals surface area contributed by atoms with Gasteiger partial charge in [-0.2, -0.15) is 0 Å². The van der Waals surface area contributed by atoms with E-state index in [2.05, 4.69) is 26.8 Å². The molecular formula is C12H20O. The van der Waals surface area contributed by atoms with Gasteiger partial charge in [0.25, 0.3) is 0 Å². The van der Waals surface area contributed by atoms with Gasteiger partial charge in [0.2, 0.25) is 0 Å². The Labute approximate surface area is 81.2 Å². The summed E-state index contributed by atoms with van der Waals surface area (Å²) in [5, 5.41) is 0. The predicted molar refractivity (Wildman–Crippen MR) is 55.5 cm³/mol. The topological polar surface area (TPSA) is 17.1 Å². The molecule has 1 aliphatic carbocycles. The van der Waals surface area contributed by atoms with Gasteiger partial charge in [0, 0.05) is 5.92 Å². The Bertz CT molecular complexity index is 225. The minimum absolute atomic E-state index is 0.177. The molecule has 0 aromatic heterocycles. The molecule has 2 atom stereocenters. The zero-order chi connectivity index (χ0) is 10.1. The molecule has 0 bridgehead atoms. The van der Waals surface area contributed by atoms with Crippen LogP contribution < -0.4 is 0 Å². The molecule has 0 aliphatic heterocycles. The van der Waals surface area contributed by atoms with Crippen molar-refractivity contribution in [2.75, 3.05) is 0 Å². The van der Waals surface area contributed by atoms with Crippen molar-refractivity contribution in [2.45, 2.75) is 40.5 Å². The predicted octanol–water partition coefficient (Wildman–Crippen LogP) is 3.20. The molecule has 0 saturated carbocycles. The van der Waals surface area contributed by atoms with Gasteiger partial charge in [-0.25, -0.2) is 0 Å². The van der Waals surface area contributed by atoms with E-state index in [-0.39, 0.29) is 5.92 Å². The number of hydrogen-bond acceptors (Lipinski definition) is 1. The maximum Gasteiger partial charge on any atom is 0.123 e. The summed E-state index contributed by atoms with van der Waals surface area (Å²) in [4.78, 5) is 10.6. The van der Waals surface area contributed by atoms with Crippen LogP contribution in [0.3, 0.4) is 0 Å². The van der Waals surface area contributed by atoms with Gasteiger partial charge in [-0.15, -0.1) is 0 Å². The monoisotopic (exact) mass is 180 g/mol. The first-order valence-corrected chi connectivity index (χ1v) is 5.12. The van der Waals surface area contributed by atoms with Crippen LogP contribution in [-0.4, -0.2) is 6.29 Å². The van der Waals surface area contributed by atoms with Crippen molar-refractivity contribution in [1.82, 2.24) is 0 Å². The maximum atomic E-state index is 10.6. The molecule has 0 fully saturated rings.